The quantitative estimate of drug-likeness (QED) is 0.474. The molecule has 0 aromatic rings. The summed E-state index contributed by atoms with van der Waals surface area (Å²) in [5.74, 6) is -2.78. The molecule has 0 saturated carbocycles. The van der Waals surface area contributed by atoms with Crippen LogP contribution in [0.5, 0.6) is 0 Å². The number of carbonyl (C=O) groups is 3. The lowest BCUT2D eigenvalue weighted by molar-refractivity contribution is -0.145. The van der Waals surface area contributed by atoms with Crippen LogP contribution < -0.4 is 11.1 Å². The van der Waals surface area contributed by atoms with Gasteiger partial charge in [0.25, 0.3) is 0 Å². The normalized spacial score (nSPS) is 12.8. The van der Waals surface area contributed by atoms with Crippen LogP contribution in [0.4, 0.5) is 0 Å². The Morgan fingerprint density at radius 2 is 1.74 bits per heavy atom. The van der Waals surface area contributed by atoms with Crippen molar-refractivity contribution in [2.45, 2.75) is 45.6 Å². The summed E-state index contributed by atoms with van der Waals surface area (Å²) in [6.45, 7) is 3.74. The summed E-state index contributed by atoms with van der Waals surface area (Å²) >= 11 is 0. The average Bonchev–Trinajstić information content (AvgIpc) is 2.36. The van der Waals surface area contributed by atoms with E-state index < -0.39 is 29.3 Å². The first-order valence-electron chi connectivity index (χ1n) is 6.28. The van der Waals surface area contributed by atoms with Crippen molar-refractivity contribution in [1.82, 2.24) is 5.32 Å². The van der Waals surface area contributed by atoms with Gasteiger partial charge in [0, 0.05) is 13.0 Å². The molecule has 0 radical (unpaired) electrons. The fourth-order valence-electron chi connectivity index (χ4n) is 1.79. The first-order chi connectivity index (χ1) is 8.82. The van der Waals surface area contributed by atoms with Crippen molar-refractivity contribution < 1.29 is 24.6 Å². The van der Waals surface area contributed by atoms with Crippen LogP contribution in [0.1, 0.15) is 39.5 Å². The van der Waals surface area contributed by atoms with Gasteiger partial charge in [0.2, 0.25) is 5.91 Å². The van der Waals surface area contributed by atoms with Gasteiger partial charge in [0.15, 0.2) is 0 Å². The summed E-state index contributed by atoms with van der Waals surface area (Å²) in [5.41, 5.74) is 4.81. The van der Waals surface area contributed by atoms with Crippen LogP contribution in [0.2, 0.25) is 0 Å². The average molecular weight is 274 g/mol. The Balaban J connectivity index is 4.79. The predicted molar refractivity (Wildman–Crippen MR) is 68.5 cm³/mol. The topological polar surface area (TPSA) is 130 Å². The first-order valence-corrected chi connectivity index (χ1v) is 6.28. The highest BCUT2D eigenvalue weighted by Crippen LogP contribution is 2.25. The smallest absolute Gasteiger partial charge is 0.326 e. The minimum atomic E-state index is -1.24. The highest BCUT2D eigenvalue weighted by Gasteiger charge is 2.35. The summed E-state index contributed by atoms with van der Waals surface area (Å²) < 4.78 is 0. The Morgan fingerprint density at radius 1 is 1.21 bits per heavy atom. The molecule has 0 bridgehead atoms. The number of nitrogens with two attached hydrogens (primary N) is 1. The fraction of sp³-hybridized carbons (Fsp3) is 0.750. The van der Waals surface area contributed by atoms with Crippen molar-refractivity contribution in [3.05, 3.63) is 0 Å². The van der Waals surface area contributed by atoms with E-state index in [-0.39, 0.29) is 19.4 Å². The van der Waals surface area contributed by atoms with E-state index in [1.165, 1.54) is 0 Å². The highest BCUT2D eigenvalue weighted by molar-refractivity contribution is 5.87. The third kappa shape index (κ3) is 4.86. The minimum absolute atomic E-state index is 0.122. The summed E-state index contributed by atoms with van der Waals surface area (Å²) in [4.78, 5) is 33.6. The van der Waals surface area contributed by atoms with Gasteiger partial charge in [0.1, 0.15) is 6.04 Å². The van der Waals surface area contributed by atoms with Crippen LogP contribution in [0.3, 0.4) is 0 Å². The van der Waals surface area contributed by atoms with Gasteiger partial charge in [-0.2, -0.15) is 0 Å². The molecule has 0 aromatic carbocycles. The van der Waals surface area contributed by atoms with Gasteiger partial charge in [-0.25, -0.2) is 4.79 Å². The third-order valence-corrected chi connectivity index (χ3v) is 3.48. The van der Waals surface area contributed by atoms with E-state index in [0.717, 1.165) is 0 Å². The SMILES string of the molecule is CCC(CC)(CN)C(=O)N[C@@H](CCC(=O)O)C(=O)O. The number of carbonyl (C=O) groups excluding carboxylic acids is 1. The standard InChI is InChI=1S/C12H22N2O5/c1-3-12(4-2,7-13)11(19)14-8(10(17)18)5-6-9(15)16/h8H,3-7,13H2,1-2H3,(H,14,19)(H,15,16)(H,17,18)/t8-/m0/s1. The molecule has 0 aliphatic heterocycles. The van der Waals surface area contributed by atoms with Gasteiger partial charge in [-0.15, -0.1) is 0 Å². The molecule has 0 aliphatic rings. The molecule has 1 atom stereocenters. The summed E-state index contributed by atoms with van der Waals surface area (Å²) in [5, 5.41) is 19.9. The third-order valence-electron chi connectivity index (χ3n) is 3.48. The molecule has 0 fully saturated rings. The van der Waals surface area contributed by atoms with Gasteiger partial charge >= 0.3 is 11.9 Å². The van der Waals surface area contributed by atoms with E-state index in [1.54, 1.807) is 0 Å². The number of carboxylic acid groups (broad SMARTS) is 2. The van der Waals surface area contributed by atoms with E-state index >= 15 is 0 Å². The lowest BCUT2D eigenvalue weighted by atomic mass is 9.81. The monoisotopic (exact) mass is 274 g/mol. The molecule has 110 valence electrons. The second kappa shape index (κ2) is 7.73. The number of carboxylic acids is 2. The lowest BCUT2D eigenvalue weighted by Gasteiger charge is -2.30. The van der Waals surface area contributed by atoms with E-state index in [2.05, 4.69) is 5.32 Å². The number of rotatable bonds is 9. The van der Waals surface area contributed by atoms with Crippen LogP contribution in [0.15, 0.2) is 0 Å². The predicted octanol–water partition coefficient (Wildman–Crippen LogP) is 0.186. The van der Waals surface area contributed by atoms with Gasteiger partial charge in [-0.3, -0.25) is 9.59 Å². The second-order valence-corrected chi connectivity index (χ2v) is 4.49. The molecule has 0 saturated heterocycles. The number of amides is 1. The van der Waals surface area contributed by atoms with Gasteiger partial charge < -0.3 is 21.3 Å². The Labute approximate surface area is 112 Å². The van der Waals surface area contributed by atoms with E-state index in [9.17, 15) is 14.4 Å². The maximum atomic E-state index is 12.1. The van der Waals surface area contributed by atoms with Crippen LogP contribution in [-0.2, 0) is 14.4 Å². The minimum Gasteiger partial charge on any atom is -0.481 e. The molecule has 7 heteroatoms. The summed E-state index contributed by atoms with van der Waals surface area (Å²) in [7, 11) is 0. The molecule has 0 rings (SSSR count). The van der Waals surface area contributed by atoms with Crippen molar-refractivity contribution in [2.75, 3.05) is 6.54 Å². The van der Waals surface area contributed by atoms with E-state index in [4.69, 9.17) is 15.9 Å². The number of nitrogens with one attached hydrogen (secondary N) is 1. The summed E-state index contributed by atoms with van der Waals surface area (Å²) in [6, 6.07) is -1.20. The zero-order valence-electron chi connectivity index (χ0n) is 11.3. The van der Waals surface area contributed by atoms with Gasteiger partial charge in [-0.1, -0.05) is 13.8 Å². The maximum Gasteiger partial charge on any atom is 0.326 e. The second-order valence-electron chi connectivity index (χ2n) is 4.49. The fourth-order valence-corrected chi connectivity index (χ4v) is 1.79. The Kier molecular flexibility index (Phi) is 7.06. The van der Waals surface area contributed by atoms with E-state index in [1.807, 2.05) is 13.8 Å². The molecule has 0 heterocycles. The molecule has 0 aliphatic carbocycles. The Hall–Kier alpha value is -1.63. The van der Waals surface area contributed by atoms with Crippen molar-refractivity contribution >= 4 is 17.8 Å². The lowest BCUT2D eigenvalue weighted by Crippen LogP contribution is -2.51. The summed E-state index contributed by atoms with van der Waals surface area (Å²) in [6.07, 6.45) is 0.532. The number of aliphatic carboxylic acids is 2. The molecular formula is C12H22N2O5. The molecule has 7 nitrogen and oxygen atoms in total. The molecule has 0 aromatic heterocycles. The molecule has 5 N–H and O–H groups in total. The van der Waals surface area contributed by atoms with Crippen molar-refractivity contribution in [2.24, 2.45) is 11.1 Å². The highest BCUT2D eigenvalue weighted by atomic mass is 16.4. The molecule has 0 spiro atoms. The van der Waals surface area contributed by atoms with Gasteiger partial charge in [0.05, 0.1) is 5.41 Å². The molecular weight excluding hydrogens is 252 g/mol. The number of hydrogen-bond donors (Lipinski definition) is 4. The largest absolute Gasteiger partial charge is 0.481 e. The van der Waals surface area contributed by atoms with Crippen LogP contribution in [-0.4, -0.2) is 40.6 Å². The van der Waals surface area contributed by atoms with Gasteiger partial charge in [-0.05, 0) is 19.3 Å². The maximum absolute atomic E-state index is 12.1. The zero-order chi connectivity index (χ0) is 15.1. The van der Waals surface area contributed by atoms with Crippen molar-refractivity contribution in [3.8, 4) is 0 Å². The Bertz CT molecular complexity index is 331. The van der Waals surface area contributed by atoms with Crippen molar-refractivity contribution in [3.63, 3.8) is 0 Å². The van der Waals surface area contributed by atoms with Crippen LogP contribution >= 0.6 is 0 Å². The zero-order valence-corrected chi connectivity index (χ0v) is 11.3. The number of hydrogen-bond acceptors (Lipinski definition) is 4. The van der Waals surface area contributed by atoms with Crippen LogP contribution in [0, 0.1) is 5.41 Å². The Morgan fingerprint density at radius 3 is 2.05 bits per heavy atom. The molecule has 0 unspecified atom stereocenters. The first kappa shape index (κ1) is 17.4. The van der Waals surface area contributed by atoms with Crippen LogP contribution in [0.25, 0.3) is 0 Å². The molecule has 1 amide bonds. The molecule has 19 heavy (non-hydrogen) atoms. The van der Waals surface area contributed by atoms with E-state index in [0.29, 0.717) is 12.8 Å². The van der Waals surface area contributed by atoms with Crippen molar-refractivity contribution in [1.29, 1.82) is 0 Å².